The van der Waals surface area contributed by atoms with Gasteiger partial charge in [-0.1, -0.05) is 12.1 Å². The molecule has 3 N–H and O–H groups in total. The maximum Gasteiger partial charge on any atom is 0.315 e. The average molecular weight is 387 g/mol. The third-order valence-corrected chi connectivity index (χ3v) is 4.36. The van der Waals surface area contributed by atoms with Gasteiger partial charge < -0.3 is 20.9 Å². The number of pyridine rings is 1. The predicted molar refractivity (Wildman–Crippen MR) is 105 cm³/mol. The SMILES string of the molecule is CNC(=O)c1ccc(C[C@@H](CNC(=O)NCc2ccccn2)N(C)C)cc1F. The number of carbonyl (C=O) groups excluding carboxylic acids is 2. The first-order chi connectivity index (χ1) is 13.4. The molecule has 7 nitrogen and oxygen atoms in total. The summed E-state index contributed by atoms with van der Waals surface area (Å²) in [4.78, 5) is 29.7. The van der Waals surface area contributed by atoms with Gasteiger partial charge in [0.2, 0.25) is 0 Å². The standard InChI is InChI=1S/C20H26FN5O2/c1-22-19(27)17-8-7-14(11-18(17)21)10-16(26(2)3)13-25-20(28)24-12-15-6-4-5-9-23-15/h4-9,11,16H,10,12-13H2,1-3H3,(H,22,27)(H2,24,25,28)/t16-/m0/s1. The molecule has 0 aliphatic heterocycles. The molecule has 8 heteroatoms. The fourth-order valence-electron chi connectivity index (χ4n) is 2.66. The number of rotatable bonds is 8. The molecule has 0 aliphatic carbocycles. The van der Waals surface area contributed by atoms with Gasteiger partial charge in [-0.2, -0.15) is 0 Å². The fraction of sp³-hybridized carbons (Fsp3) is 0.350. The van der Waals surface area contributed by atoms with E-state index in [9.17, 15) is 14.0 Å². The van der Waals surface area contributed by atoms with Crippen LogP contribution >= 0.6 is 0 Å². The molecule has 0 unspecified atom stereocenters. The molecule has 150 valence electrons. The Morgan fingerprint density at radius 2 is 1.96 bits per heavy atom. The zero-order valence-corrected chi connectivity index (χ0v) is 16.3. The van der Waals surface area contributed by atoms with Crippen LogP contribution in [0.25, 0.3) is 0 Å². The highest BCUT2D eigenvalue weighted by Gasteiger charge is 2.16. The maximum atomic E-state index is 14.2. The minimum Gasteiger partial charge on any atom is -0.355 e. The van der Waals surface area contributed by atoms with Gasteiger partial charge in [0.1, 0.15) is 5.82 Å². The zero-order valence-electron chi connectivity index (χ0n) is 16.3. The van der Waals surface area contributed by atoms with Gasteiger partial charge in [-0.05, 0) is 50.3 Å². The number of urea groups is 1. The molecule has 1 aromatic carbocycles. The number of hydrogen-bond acceptors (Lipinski definition) is 4. The first-order valence-corrected chi connectivity index (χ1v) is 8.99. The molecule has 0 fully saturated rings. The second kappa shape index (κ2) is 10.4. The number of benzene rings is 1. The number of amides is 3. The largest absolute Gasteiger partial charge is 0.355 e. The third-order valence-electron chi connectivity index (χ3n) is 4.36. The topological polar surface area (TPSA) is 86.4 Å². The summed E-state index contributed by atoms with van der Waals surface area (Å²) in [5.41, 5.74) is 1.53. The molecule has 0 saturated carbocycles. The minimum absolute atomic E-state index is 0.0136. The van der Waals surface area contributed by atoms with Crippen LogP contribution in [-0.4, -0.2) is 55.6 Å². The Kier molecular flexibility index (Phi) is 7.88. The summed E-state index contributed by atoms with van der Waals surface area (Å²) in [5, 5.41) is 8.00. The summed E-state index contributed by atoms with van der Waals surface area (Å²) < 4.78 is 14.2. The lowest BCUT2D eigenvalue weighted by atomic mass is 10.0. The highest BCUT2D eigenvalue weighted by atomic mass is 19.1. The van der Waals surface area contributed by atoms with E-state index < -0.39 is 11.7 Å². The van der Waals surface area contributed by atoms with Crippen molar-refractivity contribution >= 4 is 11.9 Å². The van der Waals surface area contributed by atoms with Crippen LogP contribution in [0.15, 0.2) is 42.6 Å². The number of likely N-dealkylation sites (N-methyl/N-ethyl adjacent to an activating group) is 1. The molecule has 0 aliphatic rings. The van der Waals surface area contributed by atoms with Crippen LogP contribution in [0, 0.1) is 5.82 Å². The molecule has 0 bridgehead atoms. The molecule has 2 aromatic rings. The third kappa shape index (κ3) is 6.31. The lowest BCUT2D eigenvalue weighted by molar-refractivity contribution is 0.0959. The molecule has 28 heavy (non-hydrogen) atoms. The molecule has 1 aromatic heterocycles. The van der Waals surface area contributed by atoms with Crippen LogP contribution < -0.4 is 16.0 Å². The lowest BCUT2D eigenvalue weighted by Crippen LogP contribution is -2.45. The van der Waals surface area contributed by atoms with Crippen molar-refractivity contribution < 1.29 is 14.0 Å². The van der Waals surface area contributed by atoms with Crippen LogP contribution in [0.1, 0.15) is 21.6 Å². The molecule has 0 spiro atoms. The normalized spacial score (nSPS) is 11.8. The number of nitrogens with zero attached hydrogens (tertiary/aromatic N) is 2. The summed E-state index contributed by atoms with van der Waals surface area (Å²) in [6, 6.07) is 9.74. The fourth-order valence-corrected chi connectivity index (χ4v) is 2.66. The number of carbonyl (C=O) groups is 2. The van der Waals surface area contributed by atoms with Crippen molar-refractivity contribution in [2.45, 2.75) is 19.0 Å². The van der Waals surface area contributed by atoms with Crippen molar-refractivity contribution in [1.29, 1.82) is 0 Å². The van der Waals surface area contributed by atoms with Gasteiger partial charge in [-0.15, -0.1) is 0 Å². The molecule has 3 amide bonds. The Labute approximate surface area is 164 Å². The Hall–Kier alpha value is -3.00. The number of nitrogens with one attached hydrogen (secondary N) is 3. The summed E-state index contributed by atoms with van der Waals surface area (Å²) in [6.45, 7) is 0.728. The Morgan fingerprint density at radius 1 is 1.18 bits per heavy atom. The summed E-state index contributed by atoms with van der Waals surface area (Å²) in [7, 11) is 5.25. The van der Waals surface area contributed by atoms with Gasteiger partial charge in [0.25, 0.3) is 5.91 Å². The van der Waals surface area contributed by atoms with E-state index >= 15 is 0 Å². The van der Waals surface area contributed by atoms with E-state index in [0.29, 0.717) is 19.5 Å². The van der Waals surface area contributed by atoms with E-state index in [1.54, 1.807) is 12.3 Å². The summed E-state index contributed by atoms with van der Waals surface area (Å²) >= 11 is 0. The molecule has 2 rings (SSSR count). The highest BCUT2D eigenvalue weighted by Crippen LogP contribution is 2.13. The van der Waals surface area contributed by atoms with Gasteiger partial charge in [0, 0.05) is 25.8 Å². The van der Waals surface area contributed by atoms with Crippen molar-refractivity contribution in [3.8, 4) is 0 Å². The molecule has 0 radical (unpaired) electrons. The second-order valence-electron chi connectivity index (χ2n) is 6.60. The zero-order chi connectivity index (χ0) is 20.5. The van der Waals surface area contributed by atoms with Crippen LogP contribution in [0.5, 0.6) is 0 Å². The van der Waals surface area contributed by atoms with Gasteiger partial charge in [0.15, 0.2) is 0 Å². The van der Waals surface area contributed by atoms with E-state index in [2.05, 4.69) is 20.9 Å². The van der Waals surface area contributed by atoms with E-state index in [0.717, 1.165) is 11.3 Å². The second-order valence-corrected chi connectivity index (χ2v) is 6.60. The van der Waals surface area contributed by atoms with Crippen molar-refractivity contribution in [2.24, 2.45) is 0 Å². The smallest absolute Gasteiger partial charge is 0.315 e. The average Bonchev–Trinajstić information content (AvgIpc) is 2.69. The molecular formula is C20H26FN5O2. The Balaban J connectivity index is 1.90. The van der Waals surface area contributed by atoms with Crippen molar-refractivity contribution in [1.82, 2.24) is 25.8 Å². The van der Waals surface area contributed by atoms with Gasteiger partial charge in [-0.3, -0.25) is 9.78 Å². The Morgan fingerprint density at radius 3 is 2.57 bits per heavy atom. The number of hydrogen-bond donors (Lipinski definition) is 3. The summed E-state index contributed by atoms with van der Waals surface area (Å²) in [6.07, 6.45) is 2.20. The van der Waals surface area contributed by atoms with E-state index in [1.807, 2.05) is 37.2 Å². The van der Waals surface area contributed by atoms with E-state index in [-0.39, 0.29) is 17.6 Å². The highest BCUT2D eigenvalue weighted by molar-refractivity contribution is 5.94. The number of halogens is 1. The van der Waals surface area contributed by atoms with E-state index in [1.165, 1.54) is 19.2 Å². The van der Waals surface area contributed by atoms with E-state index in [4.69, 9.17) is 0 Å². The number of aromatic nitrogens is 1. The van der Waals surface area contributed by atoms with Crippen LogP contribution in [-0.2, 0) is 13.0 Å². The molecule has 1 heterocycles. The van der Waals surface area contributed by atoms with Crippen molar-refractivity contribution in [3.05, 3.63) is 65.2 Å². The van der Waals surface area contributed by atoms with Gasteiger partial charge in [-0.25, -0.2) is 9.18 Å². The molecule has 0 saturated heterocycles. The quantitative estimate of drug-likeness (QED) is 0.642. The van der Waals surface area contributed by atoms with Gasteiger partial charge >= 0.3 is 6.03 Å². The van der Waals surface area contributed by atoms with Crippen LogP contribution in [0.2, 0.25) is 0 Å². The maximum absolute atomic E-state index is 14.2. The lowest BCUT2D eigenvalue weighted by Gasteiger charge is -2.25. The molecule has 1 atom stereocenters. The predicted octanol–water partition coefficient (Wildman–Crippen LogP) is 1.55. The monoisotopic (exact) mass is 387 g/mol. The van der Waals surface area contributed by atoms with Crippen molar-refractivity contribution in [3.63, 3.8) is 0 Å². The molecular weight excluding hydrogens is 361 g/mol. The minimum atomic E-state index is -0.560. The van der Waals surface area contributed by atoms with Crippen LogP contribution in [0.3, 0.4) is 0 Å². The Bertz CT molecular complexity index is 798. The van der Waals surface area contributed by atoms with Crippen molar-refractivity contribution in [2.75, 3.05) is 27.7 Å². The van der Waals surface area contributed by atoms with Crippen LogP contribution in [0.4, 0.5) is 9.18 Å². The summed E-state index contributed by atoms with van der Waals surface area (Å²) in [5.74, 6) is -1.02. The first-order valence-electron chi connectivity index (χ1n) is 8.99. The first kappa shape index (κ1) is 21.3. The van der Waals surface area contributed by atoms with Gasteiger partial charge in [0.05, 0.1) is 17.8 Å².